The van der Waals surface area contributed by atoms with Gasteiger partial charge in [0.15, 0.2) is 0 Å². The highest BCUT2D eigenvalue weighted by Crippen LogP contribution is 2.29. The number of primary amides is 2. The minimum atomic E-state index is -2.22. The maximum atomic E-state index is 14.9. The molecule has 0 aliphatic carbocycles. The number of phenols is 2. The quantitative estimate of drug-likeness (QED) is 0.0276. The van der Waals surface area contributed by atoms with Gasteiger partial charge >= 0.3 is 23.9 Å². The van der Waals surface area contributed by atoms with E-state index in [2.05, 4.69) is 79.4 Å². The molecule has 4 bridgehead atoms. The third kappa shape index (κ3) is 34.2. The summed E-state index contributed by atoms with van der Waals surface area (Å²) >= 11 is 2.30. The van der Waals surface area contributed by atoms with Crippen LogP contribution in [-0.4, -0.2) is 258 Å². The summed E-state index contributed by atoms with van der Waals surface area (Å²) in [5.41, 5.74) is 18.2. The van der Waals surface area contributed by atoms with Crippen LogP contribution in [0.3, 0.4) is 0 Å². The number of nitrogens with two attached hydrogens (primary N) is 3. The maximum absolute atomic E-state index is 14.9. The Kier molecular flexibility index (Phi) is 39.8. The summed E-state index contributed by atoms with van der Waals surface area (Å²) in [6, 6.07) is -5.27. The Morgan fingerprint density at radius 2 is 0.841 bits per heavy atom. The molecule has 2 aliphatic heterocycles. The Labute approximate surface area is 728 Å². The molecule has 682 valence electrons. The molecule has 6 rings (SSSR count). The number of aliphatic carboxylic acids is 4. The summed E-state index contributed by atoms with van der Waals surface area (Å²) in [6.07, 6.45) is -8.96. The number of nitrogens with one attached hydrogen (secondary N) is 14. The zero-order valence-electron chi connectivity index (χ0n) is 68.9. The molecule has 0 fully saturated rings. The fourth-order valence-electron chi connectivity index (χ4n) is 12.7. The van der Waals surface area contributed by atoms with Gasteiger partial charge < -0.3 is 122 Å². The highest BCUT2D eigenvalue weighted by Gasteiger charge is 2.40. The van der Waals surface area contributed by atoms with Gasteiger partial charge in [-0.25, -0.2) is 0 Å². The molecule has 26 N–H and O–H groups in total. The van der Waals surface area contributed by atoms with Crippen LogP contribution in [0.4, 0.5) is 0 Å². The third-order valence-electron chi connectivity index (χ3n) is 19.3. The van der Waals surface area contributed by atoms with Crippen molar-refractivity contribution < 1.29 is 127 Å². The fraction of sp³-hybridized carbons (Fsp3) is 0.463. The molecular formula is C80H104N18O26S2. The van der Waals surface area contributed by atoms with Crippen LogP contribution >= 0.6 is 23.1 Å². The molecule has 0 radical (unpaired) electrons. The van der Waals surface area contributed by atoms with Crippen LogP contribution in [-0.2, 0) is 122 Å². The Hall–Kier alpha value is -13.7. The van der Waals surface area contributed by atoms with Gasteiger partial charge in [0.2, 0.25) is 94.5 Å². The van der Waals surface area contributed by atoms with E-state index < -0.39 is 273 Å². The lowest BCUT2D eigenvalue weighted by Crippen LogP contribution is -2.61. The number of fused-ring (bicyclic) bond motifs is 4. The first kappa shape index (κ1) is 101. The number of amides is 16. The standard InChI is InChI=1S/C80H104N18O26S2/c1-38(2)26-51-72(117)90-50(66(83)111)30-44-31-59(125-36-44)80-98-58(37-126-80)79(124)86-39(3)67(112)84-35-61(102)85-40(4)68(113)91-52(27-41-10-6-5-7-11-41)73(118)89-49(22-24-62(103)104)71(116)93-54(29-43-15-19-46(100)20-16-43)75(120)97-57(34-65(109)110)78(123)94-53(28-42-13-17-45(99)18-14-42)74(119)87-47(12-8-9-25-81)69(114)95-55(32-63(105)106)76(121)88-48(21-23-60(82)101)70(115)96-56(33-64(107)108)77(122)92-51/h5-7,10-11,13-20,31,36,38-40,47-58,99-100H,8-9,12,21-30,32-35,37,81H2,1-4H3,(H2,82,101)(H2,83,111)(H,84,112)(H,85,102)(H,86,124)(H,87,119)(H,88,121)(H,89,118)(H,90,117)(H,91,113)(H,92,122)(H,93,116)(H,94,123)(H,95,114)(H,96,115)(H,97,120)(H,103,104)(H,105,106)(H,107,108)(H,109,110)/t39-,40-,47-,48-,49-,50+,51-,52-,53-,54-,55-,56-,57-,58-/m0/s1. The van der Waals surface area contributed by atoms with Gasteiger partial charge in [0.1, 0.15) is 101 Å². The zero-order valence-corrected chi connectivity index (χ0v) is 70.5. The molecule has 44 nitrogen and oxygen atoms in total. The van der Waals surface area contributed by atoms with E-state index in [4.69, 9.17) is 17.2 Å². The van der Waals surface area contributed by atoms with Crippen LogP contribution < -0.4 is 91.6 Å². The minimum Gasteiger partial charge on any atom is -0.508 e. The average molecular weight is 1800 g/mol. The SMILES string of the molecule is CC(C)C[C@@H]1NC(=O)[C@H](CC(=O)O)NC(=O)[C@H](CCC(N)=O)NC(=O)[C@H](CC(=O)O)NC(=O)[C@H](CCCCN)NC(=O)[C@H](Cc2ccc(O)cc2)NC(=O)[C@H](CC(=O)O)NC(=O)[C@H](Cc2ccc(O)cc2)NC(=O)[C@H](CCC(=O)O)NC(=O)[C@H](Cc2ccccc2)NC(=O)[C@H](C)NC(=O)CNC(=O)[C@H](C)NC(=O)[C@@H]2CSC(=N2)c2cc(cs2)C[C@H](C(N)=O)NC1=O. The van der Waals surface area contributed by atoms with Crippen LogP contribution in [0.2, 0.25) is 0 Å². The lowest BCUT2D eigenvalue weighted by Gasteiger charge is -2.28. The van der Waals surface area contributed by atoms with Crippen LogP contribution in [0.1, 0.15) is 125 Å². The molecule has 0 spiro atoms. The third-order valence-corrected chi connectivity index (χ3v) is 21.5. The molecule has 2 aliphatic rings. The van der Waals surface area contributed by atoms with Crippen molar-refractivity contribution in [2.45, 2.75) is 209 Å². The number of aliphatic imine (C=N–C) groups is 1. The molecule has 14 atom stereocenters. The van der Waals surface area contributed by atoms with Crippen LogP contribution in [0.15, 0.2) is 95.3 Å². The first-order valence-corrected chi connectivity index (χ1v) is 41.7. The Balaban J connectivity index is 1.41. The van der Waals surface area contributed by atoms with E-state index in [1.165, 1.54) is 62.4 Å². The number of thioether (sulfide) groups is 1. The van der Waals surface area contributed by atoms with E-state index in [9.17, 15) is 127 Å². The van der Waals surface area contributed by atoms with Gasteiger partial charge in [-0.15, -0.1) is 23.1 Å². The largest absolute Gasteiger partial charge is 0.508 e. The molecule has 0 saturated heterocycles. The van der Waals surface area contributed by atoms with Crippen LogP contribution in [0.5, 0.6) is 11.5 Å². The fourth-order valence-corrected chi connectivity index (χ4v) is 14.8. The summed E-state index contributed by atoms with van der Waals surface area (Å²) < 4.78 is 0. The lowest BCUT2D eigenvalue weighted by molar-refractivity contribution is -0.142. The molecule has 126 heavy (non-hydrogen) atoms. The predicted octanol–water partition coefficient (Wildman–Crippen LogP) is -5.02. The normalized spacial score (nSPS) is 24.0. The monoisotopic (exact) mass is 1800 g/mol. The van der Waals surface area contributed by atoms with Crippen LogP contribution in [0.25, 0.3) is 0 Å². The number of rotatable bonds is 25. The molecule has 3 heterocycles. The van der Waals surface area contributed by atoms with Gasteiger partial charge in [-0.2, -0.15) is 0 Å². The number of phenolic OH excluding ortho intramolecular Hbond substituents is 2. The maximum Gasteiger partial charge on any atom is 0.305 e. The number of carbonyl (C=O) groups is 20. The smallest absolute Gasteiger partial charge is 0.305 e. The van der Waals surface area contributed by atoms with Gasteiger partial charge in [-0.05, 0) is 123 Å². The van der Waals surface area contributed by atoms with Gasteiger partial charge in [-0.1, -0.05) is 68.4 Å². The molecule has 4 aromatic rings. The van der Waals surface area contributed by atoms with E-state index in [-0.39, 0.29) is 73.4 Å². The van der Waals surface area contributed by atoms with E-state index in [0.717, 1.165) is 23.1 Å². The van der Waals surface area contributed by atoms with Crippen LogP contribution in [0, 0.1) is 5.92 Å². The number of unbranched alkanes of at least 4 members (excludes halogenated alkanes) is 1. The molecule has 0 saturated carbocycles. The molecule has 46 heteroatoms. The molecular weight excluding hydrogens is 1690 g/mol. The van der Waals surface area contributed by atoms with E-state index in [1.54, 1.807) is 55.6 Å². The average Bonchev–Trinajstić information content (AvgIpc) is 1.56. The number of carboxylic acid groups (broad SMARTS) is 4. The molecule has 16 amide bonds. The van der Waals surface area contributed by atoms with Gasteiger partial charge in [-0.3, -0.25) is 101 Å². The van der Waals surface area contributed by atoms with Gasteiger partial charge in [0.05, 0.1) is 30.7 Å². The summed E-state index contributed by atoms with van der Waals surface area (Å²) in [5.74, 6) is -26.3. The van der Waals surface area contributed by atoms with Crippen molar-refractivity contribution in [1.29, 1.82) is 0 Å². The highest BCUT2D eigenvalue weighted by molar-refractivity contribution is 8.15. The number of benzene rings is 3. The van der Waals surface area contributed by atoms with Crippen molar-refractivity contribution >= 4 is 147 Å². The van der Waals surface area contributed by atoms with Gasteiger partial charge in [0, 0.05) is 44.3 Å². The summed E-state index contributed by atoms with van der Waals surface area (Å²) in [5, 5.41) is 95.8. The summed E-state index contributed by atoms with van der Waals surface area (Å²) in [6.45, 7) is 5.03. The number of hydrogen-bond acceptors (Lipinski definition) is 26. The number of hydrogen-bond donors (Lipinski definition) is 23. The van der Waals surface area contributed by atoms with E-state index in [1.807, 2.05) is 0 Å². The number of aromatic hydroxyl groups is 2. The molecule has 0 unspecified atom stereocenters. The van der Waals surface area contributed by atoms with E-state index in [0.29, 0.717) is 21.0 Å². The lowest BCUT2D eigenvalue weighted by atomic mass is 10.0. The van der Waals surface area contributed by atoms with Gasteiger partial charge in [0.25, 0.3) is 0 Å². The number of nitrogens with zero attached hydrogens (tertiary/aromatic N) is 1. The second-order valence-corrected chi connectivity index (χ2v) is 32.1. The first-order valence-electron chi connectivity index (χ1n) is 39.8. The second kappa shape index (κ2) is 49.6. The van der Waals surface area contributed by atoms with E-state index >= 15 is 0 Å². The first-order chi connectivity index (χ1) is 59.5. The van der Waals surface area contributed by atoms with Crippen molar-refractivity contribution in [2.75, 3.05) is 18.8 Å². The van der Waals surface area contributed by atoms with Crippen molar-refractivity contribution in [3.05, 3.63) is 117 Å². The van der Waals surface area contributed by atoms with Crippen molar-refractivity contribution in [1.82, 2.24) is 74.4 Å². The Bertz CT molecular complexity index is 4670. The number of carboxylic acids is 4. The number of thiophene rings is 1. The molecule has 3 aromatic carbocycles. The second-order valence-electron chi connectivity index (χ2n) is 30.2. The Morgan fingerprint density at radius 3 is 1.28 bits per heavy atom. The molecule has 1 aromatic heterocycles. The number of carbonyl (C=O) groups excluding carboxylic acids is 16. The Morgan fingerprint density at radius 1 is 0.444 bits per heavy atom. The van der Waals surface area contributed by atoms with Crippen molar-refractivity contribution in [3.8, 4) is 11.5 Å². The van der Waals surface area contributed by atoms with Crippen molar-refractivity contribution in [2.24, 2.45) is 28.1 Å². The zero-order chi connectivity index (χ0) is 93.2. The summed E-state index contributed by atoms with van der Waals surface area (Å²) in [4.78, 5) is 280. The topological polar surface area (TPSA) is 722 Å². The van der Waals surface area contributed by atoms with Crippen molar-refractivity contribution in [3.63, 3.8) is 0 Å². The summed E-state index contributed by atoms with van der Waals surface area (Å²) in [7, 11) is 0. The minimum absolute atomic E-state index is 0.00564. The highest BCUT2D eigenvalue weighted by atomic mass is 32.2. The predicted molar refractivity (Wildman–Crippen MR) is 448 cm³/mol.